The Bertz CT molecular complexity index is 580. The van der Waals surface area contributed by atoms with Gasteiger partial charge in [0.1, 0.15) is 0 Å². The van der Waals surface area contributed by atoms with E-state index in [9.17, 15) is 19.7 Å². The van der Waals surface area contributed by atoms with E-state index in [2.05, 4.69) is 5.32 Å². The summed E-state index contributed by atoms with van der Waals surface area (Å²) in [5.74, 6) is -1.37. The first kappa shape index (κ1) is 16.9. The number of esters is 1. The van der Waals surface area contributed by atoms with Crippen molar-refractivity contribution in [2.45, 2.75) is 26.3 Å². The highest BCUT2D eigenvalue weighted by atomic mass is 35.5. The number of ether oxygens (including phenoxy) is 1. The number of nitrogens with zero attached hydrogens (tertiary/aromatic N) is 1. The summed E-state index contributed by atoms with van der Waals surface area (Å²) >= 11 is 5.79. The van der Waals surface area contributed by atoms with Gasteiger partial charge in [-0.1, -0.05) is 11.6 Å². The van der Waals surface area contributed by atoms with E-state index in [4.69, 9.17) is 16.3 Å². The molecule has 0 aromatic heterocycles. The van der Waals surface area contributed by atoms with Crippen molar-refractivity contribution in [3.8, 4) is 0 Å². The van der Waals surface area contributed by atoms with E-state index in [1.165, 1.54) is 12.1 Å². The number of hydrogen-bond acceptors (Lipinski definition) is 5. The molecule has 8 heteroatoms. The molecule has 1 N–H and O–H groups in total. The van der Waals surface area contributed by atoms with Gasteiger partial charge in [0.2, 0.25) is 0 Å². The maximum absolute atomic E-state index is 11.8. The molecule has 0 heterocycles. The number of nitrogens with one attached hydrogen (secondary N) is 1. The van der Waals surface area contributed by atoms with Crippen LogP contribution in [0.3, 0.4) is 0 Å². The number of benzene rings is 1. The van der Waals surface area contributed by atoms with Crippen LogP contribution in [-0.2, 0) is 9.53 Å². The van der Waals surface area contributed by atoms with E-state index < -0.39 is 28.9 Å². The molecule has 114 valence electrons. The molecule has 0 saturated heterocycles. The number of halogens is 1. The highest BCUT2D eigenvalue weighted by molar-refractivity contribution is 6.33. The number of carbonyl (C=O) groups excluding carboxylic acids is 2. The number of nitro benzene ring substituents is 1. The molecule has 0 radical (unpaired) electrons. The summed E-state index contributed by atoms with van der Waals surface area (Å²) in [6, 6.07) is 3.41. The van der Waals surface area contributed by atoms with Gasteiger partial charge < -0.3 is 10.1 Å². The number of hydrogen-bond donors (Lipinski definition) is 1. The highest BCUT2D eigenvalue weighted by Crippen LogP contribution is 2.22. The SMILES string of the molecule is CC(C)(C)NC(=O)COC(=O)c1cc([N+](=O)[O-])ccc1Cl. The third kappa shape index (κ3) is 5.39. The van der Waals surface area contributed by atoms with Gasteiger partial charge in [-0.3, -0.25) is 14.9 Å². The Labute approximate surface area is 126 Å². The monoisotopic (exact) mass is 314 g/mol. The molecule has 0 aliphatic carbocycles. The Morgan fingerprint density at radius 1 is 1.38 bits per heavy atom. The van der Waals surface area contributed by atoms with Crippen LogP contribution in [-0.4, -0.2) is 28.9 Å². The summed E-state index contributed by atoms with van der Waals surface area (Å²) in [6.07, 6.45) is 0. The summed E-state index contributed by atoms with van der Waals surface area (Å²) in [5.41, 5.74) is -0.896. The molecule has 0 atom stereocenters. The largest absolute Gasteiger partial charge is 0.452 e. The standard InChI is InChI=1S/C13H15ClN2O5/c1-13(2,3)15-11(17)7-21-12(18)9-6-8(16(19)20)4-5-10(9)14/h4-6H,7H2,1-3H3,(H,15,17). The van der Waals surface area contributed by atoms with E-state index in [-0.39, 0.29) is 16.3 Å². The van der Waals surface area contributed by atoms with Gasteiger partial charge in [-0.25, -0.2) is 4.79 Å². The molecule has 1 aromatic carbocycles. The van der Waals surface area contributed by atoms with Gasteiger partial charge in [0.05, 0.1) is 15.5 Å². The topological polar surface area (TPSA) is 98.5 Å². The number of nitro groups is 1. The first-order chi connectivity index (χ1) is 9.60. The minimum absolute atomic E-state index is 0.0156. The second-order valence-electron chi connectivity index (χ2n) is 5.30. The lowest BCUT2D eigenvalue weighted by Crippen LogP contribution is -2.42. The summed E-state index contributed by atoms with van der Waals surface area (Å²) in [5, 5.41) is 13.3. The minimum atomic E-state index is -0.896. The lowest BCUT2D eigenvalue weighted by atomic mass is 10.1. The van der Waals surface area contributed by atoms with Crippen molar-refractivity contribution in [1.82, 2.24) is 5.32 Å². The van der Waals surface area contributed by atoms with Crippen LogP contribution in [0.5, 0.6) is 0 Å². The molecule has 1 rings (SSSR count). The van der Waals surface area contributed by atoms with E-state index in [0.717, 1.165) is 6.07 Å². The highest BCUT2D eigenvalue weighted by Gasteiger charge is 2.19. The summed E-state index contributed by atoms with van der Waals surface area (Å²) in [7, 11) is 0. The molecular weight excluding hydrogens is 300 g/mol. The molecule has 1 aromatic rings. The van der Waals surface area contributed by atoms with Crippen LogP contribution < -0.4 is 5.32 Å². The Hall–Kier alpha value is -2.15. The Kier molecular flexibility index (Phi) is 5.26. The first-order valence-electron chi connectivity index (χ1n) is 6.02. The fraction of sp³-hybridized carbons (Fsp3) is 0.385. The van der Waals surface area contributed by atoms with Gasteiger partial charge >= 0.3 is 5.97 Å². The lowest BCUT2D eigenvalue weighted by molar-refractivity contribution is -0.384. The third-order valence-corrected chi connectivity index (χ3v) is 2.56. The quantitative estimate of drug-likeness (QED) is 0.522. The van der Waals surface area contributed by atoms with Crippen LogP contribution in [0, 0.1) is 10.1 Å². The van der Waals surface area contributed by atoms with Crippen LogP contribution in [0.25, 0.3) is 0 Å². The van der Waals surface area contributed by atoms with Crippen molar-refractivity contribution in [1.29, 1.82) is 0 Å². The predicted octanol–water partition coefficient (Wildman–Crippen LogP) is 2.32. The van der Waals surface area contributed by atoms with Gasteiger partial charge in [0, 0.05) is 17.7 Å². The van der Waals surface area contributed by atoms with Gasteiger partial charge in [-0.05, 0) is 26.8 Å². The van der Waals surface area contributed by atoms with Crippen molar-refractivity contribution >= 4 is 29.2 Å². The zero-order valence-electron chi connectivity index (χ0n) is 11.8. The molecular formula is C13H15ClN2O5. The Morgan fingerprint density at radius 2 is 2.00 bits per heavy atom. The zero-order chi connectivity index (χ0) is 16.2. The molecule has 0 fully saturated rings. The molecule has 21 heavy (non-hydrogen) atoms. The first-order valence-corrected chi connectivity index (χ1v) is 6.40. The minimum Gasteiger partial charge on any atom is -0.452 e. The number of non-ortho nitro benzene ring substituents is 1. The van der Waals surface area contributed by atoms with Crippen molar-refractivity contribution in [2.75, 3.05) is 6.61 Å². The van der Waals surface area contributed by atoms with Crippen LogP contribution in [0.4, 0.5) is 5.69 Å². The van der Waals surface area contributed by atoms with Gasteiger partial charge in [-0.2, -0.15) is 0 Å². The summed E-state index contributed by atoms with van der Waals surface area (Å²) in [4.78, 5) is 33.3. The molecule has 0 spiro atoms. The molecule has 1 amide bonds. The predicted molar refractivity (Wildman–Crippen MR) is 76.3 cm³/mol. The average Bonchev–Trinajstić information content (AvgIpc) is 2.34. The molecule has 7 nitrogen and oxygen atoms in total. The van der Waals surface area contributed by atoms with Crippen molar-refractivity contribution in [3.63, 3.8) is 0 Å². The average molecular weight is 315 g/mol. The molecule has 0 bridgehead atoms. The van der Waals surface area contributed by atoms with Crippen LogP contribution >= 0.6 is 11.6 Å². The van der Waals surface area contributed by atoms with Crippen LogP contribution in [0.2, 0.25) is 5.02 Å². The Balaban J connectivity index is 2.74. The van der Waals surface area contributed by atoms with E-state index >= 15 is 0 Å². The lowest BCUT2D eigenvalue weighted by Gasteiger charge is -2.20. The smallest absolute Gasteiger partial charge is 0.340 e. The van der Waals surface area contributed by atoms with Crippen molar-refractivity contribution in [2.24, 2.45) is 0 Å². The fourth-order valence-electron chi connectivity index (χ4n) is 1.45. The normalized spacial score (nSPS) is 10.9. The maximum atomic E-state index is 11.8. The van der Waals surface area contributed by atoms with Gasteiger partial charge in [0.25, 0.3) is 11.6 Å². The van der Waals surface area contributed by atoms with Gasteiger partial charge in [0.15, 0.2) is 6.61 Å². The molecule has 0 unspecified atom stereocenters. The van der Waals surface area contributed by atoms with Gasteiger partial charge in [-0.15, -0.1) is 0 Å². The third-order valence-electron chi connectivity index (χ3n) is 2.23. The fourth-order valence-corrected chi connectivity index (χ4v) is 1.64. The molecule has 0 aliphatic heterocycles. The second-order valence-corrected chi connectivity index (χ2v) is 5.70. The maximum Gasteiger partial charge on any atom is 0.340 e. The second kappa shape index (κ2) is 6.53. The Morgan fingerprint density at radius 3 is 2.52 bits per heavy atom. The molecule has 0 saturated carbocycles. The van der Waals surface area contributed by atoms with Crippen molar-refractivity contribution in [3.05, 3.63) is 38.9 Å². The molecule has 0 aliphatic rings. The number of rotatable bonds is 4. The zero-order valence-corrected chi connectivity index (χ0v) is 12.6. The van der Waals surface area contributed by atoms with E-state index in [0.29, 0.717) is 0 Å². The van der Waals surface area contributed by atoms with E-state index in [1.807, 2.05) is 0 Å². The van der Waals surface area contributed by atoms with Crippen LogP contribution in [0.1, 0.15) is 31.1 Å². The summed E-state index contributed by atoms with van der Waals surface area (Å²) < 4.78 is 4.79. The summed E-state index contributed by atoms with van der Waals surface area (Å²) in [6.45, 7) is 4.85. The number of carbonyl (C=O) groups is 2. The number of amides is 1. The van der Waals surface area contributed by atoms with Crippen LogP contribution in [0.15, 0.2) is 18.2 Å². The van der Waals surface area contributed by atoms with Crippen molar-refractivity contribution < 1.29 is 19.2 Å². The van der Waals surface area contributed by atoms with E-state index in [1.54, 1.807) is 20.8 Å².